The van der Waals surface area contributed by atoms with Crippen molar-refractivity contribution in [1.29, 1.82) is 0 Å². The Morgan fingerprint density at radius 2 is 2.20 bits per heavy atom. The van der Waals surface area contributed by atoms with E-state index >= 15 is 0 Å². The van der Waals surface area contributed by atoms with Crippen LogP contribution in [0, 0.1) is 6.92 Å². The van der Waals surface area contributed by atoms with Crippen molar-refractivity contribution in [3.05, 3.63) is 52.3 Å². The van der Waals surface area contributed by atoms with Crippen LogP contribution in [0.3, 0.4) is 0 Å². The van der Waals surface area contributed by atoms with Crippen molar-refractivity contribution < 1.29 is 13.7 Å². The highest BCUT2D eigenvalue weighted by atomic mass is 16.5. The molecule has 0 N–H and O–H groups in total. The molecule has 1 amide bonds. The number of rotatable bonds is 4. The SMILES string of the molecule is Cc1cc(C2CCCN2C(=O)CCn2c(=O)oc3ccccc32)on1. The summed E-state index contributed by atoms with van der Waals surface area (Å²) in [7, 11) is 0. The molecule has 1 aliphatic heterocycles. The summed E-state index contributed by atoms with van der Waals surface area (Å²) in [4.78, 5) is 26.5. The third-order valence-corrected chi connectivity index (χ3v) is 4.67. The number of amides is 1. The van der Waals surface area contributed by atoms with Crippen LogP contribution in [0.2, 0.25) is 0 Å². The van der Waals surface area contributed by atoms with E-state index in [1.54, 1.807) is 6.07 Å². The molecule has 3 heterocycles. The lowest BCUT2D eigenvalue weighted by molar-refractivity contribution is -0.132. The number of para-hydroxylation sites is 2. The van der Waals surface area contributed by atoms with Crippen LogP contribution >= 0.6 is 0 Å². The van der Waals surface area contributed by atoms with E-state index in [9.17, 15) is 9.59 Å². The normalized spacial score (nSPS) is 17.5. The second kappa shape index (κ2) is 6.23. The number of aryl methyl sites for hydroxylation is 2. The number of likely N-dealkylation sites (tertiary alicyclic amines) is 1. The minimum atomic E-state index is -0.433. The smallest absolute Gasteiger partial charge is 0.408 e. The van der Waals surface area contributed by atoms with Crippen molar-refractivity contribution in [3.8, 4) is 0 Å². The van der Waals surface area contributed by atoms with Crippen LogP contribution in [0.25, 0.3) is 11.1 Å². The fourth-order valence-electron chi connectivity index (χ4n) is 3.48. The highest BCUT2D eigenvalue weighted by Gasteiger charge is 2.32. The van der Waals surface area contributed by atoms with Gasteiger partial charge in [-0.1, -0.05) is 17.3 Å². The van der Waals surface area contributed by atoms with Gasteiger partial charge in [0.15, 0.2) is 11.3 Å². The molecule has 25 heavy (non-hydrogen) atoms. The quantitative estimate of drug-likeness (QED) is 0.729. The van der Waals surface area contributed by atoms with Crippen molar-refractivity contribution in [3.63, 3.8) is 0 Å². The first kappa shape index (κ1) is 15.7. The van der Waals surface area contributed by atoms with Gasteiger partial charge in [-0.25, -0.2) is 4.79 Å². The largest absolute Gasteiger partial charge is 0.419 e. The molecule has 7 heteroatoms. The highest BCUT2D eigenvalue weighted by Crippen LogP contribution is 2.32. The van der Waals surface area contributed by atoms with Gasteiger partial charge >= 0.3 is 5.76 Å². The Kier molecular flexibility index (Phi) is 3.91. The number of aromatic nitrogens is 2. The molecule has 0 bridgehead atoms. The zero-order valence-electron chi connectivity index (χ0n) is 14.0. The molecule has 2 aromatic heterocycles. The van der Waals surface area contributed by atoms with Gasteiger partial charge in [-0.15, -0.1) is 0 Å². The lowest BCUT2D eigenvalue weighted by atomic mass is 10.1. The monoisotopic (exact) mass is 341 g/mol. The summed E-state index contributed by atoms with van der Waals surface area (Å²) in [6.45, 7) is 2.86. The predicted molar refractivity (Wildman–Crippen MR) is 90.0 cm³/mol. The van der Waals surface area contributed by atoms with Crippen LogP contribution < -0.4 is 5.76 Å². The summed E-state index contributed by atoms with van der Waals surface area (Å²) in [6.07, 6.45) is 2.05. The van der Waals surface area contributed by atoms with E-state index in [1.165, 1.54) is 4.57 Å². The molecule has 7 nitrogen and oxygen atoms in total. The standard InChI is InChI=1S/C18H19N3O4/c1-12-11-16(25-19-12)14-6-4-9-20(14)17(22)8-10-21-13-5-2-3-7-15(13)24-18(21)23/h2-3,5,7,11,14H,4,6,8-10H2,1H3. The predicted octanol–water partition coefficient (Wildman–Crippen LogP) is 2.64. The van der Waals surface area contributed by atoms with E-state index in [-0.39, 0.29) is 18.4 Å². The fraction of sp³-hybridized carbons (Fsp3) is 0.389. The summed E-state index contributed by atoms with van der Waals surface area (Å²) < 4.78 is 12.1. The Labute approximate surface area is 143 Å². The topological polar surface area (TPSA) is 81.5 Å². The Hall–Kier alpha value is -2.83. The van der Waals surface area contributed by atoms with E-state index in [0.29, 0.717) is 24.2 Å². The van der Waals surface area contributed by atoms with E-state index in [4.69, 9.17) is 8.94 Å². The van der Waals surface area contributed by atoms with E-state index in [0.717, 1.165) is 24.3 Å². The van der Waals surface area contributed by atoms with Crippen molar-refractivity contribution in [1.82, 2.24) is 14.6 Å². The molecular formula is C18H19N3O4. The average molecular weight is 341 g/mol. The zero-order valence-corrected chi connectivity index (χ0v) is 14.0. The molecular weight excluding hydrogens is 322 g/mol. The Bertz CT molecular complexity index is 968. The molecule has 1 atom stereocenters. The van der Waals surface area contributed by atoms with E-state index in [2.05, 4.69) is 5.16 Å². The average Bonchev–Trinajstić information content (AvgIpc) is 3.30. The summed E-state index contributed by atoms with van der Waals surface area (Å²) in [5.74, 6) is 0.306. The van der Waals surface area contributed by atoms with Gasteiger partial charge in [0.1, 0.15) is 0 Å². The number of oxazole rings is 1. The third-order valence-electron chi connectivity index (χ3n) is 4.67. The number of benzene rings is 1. The highest BCUT2D eigenvalue weighted by molar-refractivity contribution is 5.77. The summed E-state index contributed by atoms with van der Waals surface area (Å²) in [5, 5.41) is 3.92. The van der Waals surface area contributed by atoms with Gasteiger partial charge in [-0.05, 0) is 31.9 Å². The van der Waals surface area contributed by atoms with Crippen LogP contribution in [0.1, 0.15) is 36.8 Å². The number of carbonyl (C=O) groups is 1. The number of hydrogen-bond donors (Lipinski definition) is 0. The minimum absolute atomic E-state index is 0.00809. The molecule has 4 rings (SSSR count). The van der Waals surface area contributed by atoms with E-state index < -0.39 is 5.76 Å². The molecule has 1 aromatic carbocycles. The number of carbonyl (C=O) groups excluding carboxylic acids is 1. The Morgan fingerprint density at radius 3 is 3.00 bits per heavy atom. The maximum absolute atomic E-state index is 12.7. The Balaban J connectivity index is 1.50. The summed E-state index contributed by atoms with van der Waals surface area (Å²) in [6, 6.07) is 9.04. The summed E-state index contributed by atoms with van der Waals surface area (Å²) >= 11 is 0. The second-order valence-electron chi connectivity index (χ2n) is 6.35. The van der Waals surface area contributed by atoms with Gasteiger partial charge in [-0.2, -0.15) is 0 Å². The maximum atomic E-state index is 12.7. The van der Waals surface area contributed by atoms with Crippen molar-refractivity contribution in [2.24, 2.45) is 0 Å². The fourth-order valence-corrected chi connectivity index (χ4v) is 3.48. The van der Waals surface area contributed by atoms with Gasteiger partial charge in [0.2, 0.25) is 5.91 Å². The molecule has 0 aliphatic carbocycles. The number of fused-ring (bicyclic) bond motifs is 1. The van der Waals surface area contributed by atoms with Crippen LogP contribution in [0.4, 0.5) is 0 Å². The maximum Gasteiger partial charge on any atom is 0.419 e. The first-order valence-electron chi connectivity index (χ1n) is 8.44. The molecule has 1 saturated heterocycles. The van der Waals surface area contributed by atoms with Crippen molar-refractivity contribution in [2.75, 3.05) is 6.54 Å². The lowest BCUT2D eigenvalue weighted by Crippen LogP contribution is -2.31. The molecule has 130 valence electrons. The second-order valence-corrected chi connectivity index (χ2v) is 6.35. The van der Waals surface area contributed by atoms with Gasteiger partial charge in [0, 0.05) is 25.6 Å². The van der Waals surface area contributed by atoms with E-state index in [1.807, 2.05) is 36.1 Å². The van der Waals surface area contributed by atoms with Crippen LogP contribution in [-0.4, -0.2) is 27.1 Å². The first-order valence-corrected chi connectivity index (χ1v) is 8.44. The van der Waals surface area contributed by atoms with Crippen molar-refractivity contribution >= 4 is 17.0 Å². The molecule has 0 spiro atoms. The van der Waals surface area contributed by atoms with Gasteiger partial charge in [0.25, 0.3) is 0 Å². The number of nitrogens with zero attached hydrogens (tertiary/aromatic N) is 3. The minimum Gasteiger partial charge on any atom is -0.408 e. The molecule has 1 unspecified atom stereocenters. The molecule has 1 aliphatic rings. The number of hydrogen-bond acceptors (Lipinski definition) is 5. The lowest BCUT2D eigenvalue weighted by Gasteiger charge is -2.22. The molecule has 0 saturated carbocycles. The van der Waals surface area contributed by atoms with Crippen LogP contribution in [0.15, 0.2) is 44.1 Å². The molecule has 0 radical (unpaired) electrons. The van der Waals surface area contributed by atoms with Crippen molar-refractivity contribution in [2.45, 2.75) is 38.8 Å². The Morgan fingerprint density at radius 1 is 1.36 bits per heavy atom. The van der Waals surface area contributed by atoms with Gasteiger partial charge < -0.3 is 13.8 Å². The molecule has 3 aromatic rings. The molecule has 1 fully saturated rings. The summed E-state index contributed by atoms with van der Waals surface area (Å²) in [5.41, 5.74) is 2.06. The third kappa shape index (κ3) is 2.86. The first-order chi connectivity index (χ1) is 12.1. The van der Waals surface area contributed by atoms with Gasteiger partial charge in [0.05, 0.1) is 17.3 Å². The zero-order chi connectivity index (χ0) is 17.4. The van der Waals surface area contributed by atoms with Crippen LogP contribution in [0.5, 0.6) is 0 Å². The van der Waals surface area contributed by atoms with Crippen LogP contribution in [-0.2, 0) is 11.3 Å². The van der Waals surface area contributed by atoms with Gasteiger partial charge in [-0.3, -0.25) is 9.36 Å².